The number of fused-ring (bicyclic) bond motifs is 3. The first-order chi connectivity index (χ1) is 14.1. The molecule has 0 atom stereocenters. The molecule has 0 saturated carbocycles. The van der Waals surface area contributed by atoms with E-state index in [0.717, 1.165) is 46.1 Å². The maximum atomic E-state index is 13.6. The summed E-state index contributed by atoms with van der Waals surface area (Å²) >= 11 is 9.37. The zero-order valence-corrected chi connectivity index (χ0v) is 18.3. The van der Waals surface area contributed by atoms with Crippen LogP contribution in [-0.2, 0) is 18.6 Å². The van der Waals surface area contributed by atoms with Crippen LogP contribution in [0.5, 0.6) is 0 Å². The number of hydrogen-bond donors (Lipinski definition) is 0. The molecule has 0 bridgehead atoms. The van der Waals surface area contributed by atoms with Crippen molar-refractivity contribution >= 4 is 44.9 Å². The second-order valence-electron chi connectivity index (χ2n) is 7.32. The largest absolute Gasteiger partial charge is 0.268 e. The molecule has 1 aliphatic rings. The Bertz CT molecular complexity index is 1260. The van der Waals surface area contributed by atoms with Gasteiger partial charge < -0.3 is 0 Å². The molecule has 0 fully saturated rings. The molecule has 0 radical (unpaired) electrons. The molecule has 29 heavy (non-hydrogen) atoms. The van der Waals surface area contributed by atoms with Crippen LogP contribution in [0.4, 0.5) is 0 Å². The van der Waals surface area contributed by atoms with Crippen LogP contribution in [0, 0.1) is 6.92 Å². The molecule has 2 aromatic heterocycles. The number of nitrogens with zero attached hydrogens (tertiary/aromatic N) is 2. The van der Waals surface area contributed by atoms with Gasteiger partial charge in [0.2, 0.25) is 0 Å². The molecule has 3 nitrogen and oxygen atoms in total. The van der Waals surface area contributed by atoms with E-state index < -0.39 is 0 Å². The third-order valence-electron chi connectivity index (χ3n) is 5.28. The van der Waals surface area contributed by atoms with Gasteiger partial charge in [-0.25, -0.2) is 4.98 Å². The topological polar surface area (TPSA) is 34.9 Å². The fraction of sp³-hybridized carbons (Fsp3) is 0.217. The molecule has 4 aromatic rings. The molecule has 0 saturated heterocycles. The van der Waals surface area contributed by atoms with Crippen molar-refractivity contribution in [3.05, 3.63) is 85.5 Å². The van der Waals surface area contributed by atoms with E-state index >= 15 is 0 Å². The number of benzene rings is 2. The Hall–Kier alpha value is -2.08. The molecule has 0 spiro atoms. The summed E-state index contributed by atoms with van der Waals surface area (Å²) in [6.45, 7) is 2.08. The number of rotatable bonds is 4. The van der Waals surface area contributed by atoms with Crippen molar-refractivity contribution in [1.29, 1.82) is 0 Å². The summed E-state index contributed by atoms with van der Waals surface area (Å²) in [5, 5.41) is 2.18. The molecule has 0 unspecified atom stereocenters. The predicted octanol–water partition coefficient (Wildman–Crippen LogP) is 6.19. The van der Waals surface area contributed by atoms with Crippen molar-refractivity contribution in [3.63, 3.8) is 0 Å². The molecule has 0 amide bonds. The lowest BCUT2D eigenvalue weighted by Crippen LogP contribution is -2.21. The minimum absolute atomic E-state index is 0.0307. The number of halogens is 1. The molecule has 1 aliphatic carbocycles. The minimum Gasteiger partial charge on any atom is -0.268 e. The Morgan fingerprint density at radius 2 is 1.86 bits per heavy atom. The van der Waals surface area contributed by atoms with Crippen LogP contribution in [-0.4, -0.2) is 9.55 Å². The van der Waals surface area contributed by atoms with Gasteiger partial charge in [-0.15, -0.1) is 11.3 Å². The first-order valence-corrected chi connectivity index (χ1v) is 11.8. The maximum absolute atomic E-state index is 13.6. The maximum Gasteiger partial charge on any atom is 0.267 e. The normalized spacial score (nSPS) is 13.2. The van der Waals surface area contributed by atoms with Gasteiger partial charge in [-0.1, -0.05) is 53.2 Å². The summed E-state index contributed by atoms with van der Waals surface area (Å²) in [5.41, 5.74) is 4.50. The van der Waals surface area contributed by atoms with Gasteiger partial charge in [0.05, 0.1) is 11.1 Å². The lowest BCUT2D eigenvalue weighted by atomic mass is 10.2. The van der Waals surface area contributed by atoms with Gasteiger partial charge in [0.15, 0.2) is 5.16 Å². The number of thioether (sulfide) groups is 1. The molecule has 5 rings (SSSR count). The van der Waals surface area contributed by atoms with E-state index in [-0.39, 0.29) is 5.56 Å². The molecule has 146 valence electrons. The van der Waals surface area contributed by atoms with Crippen molar-refractivity contribution < 1.29 is 0 Å². The monoisotopic (exact) mass is 438 g/mol. The highest BCUT2D eigenvalue weighted by atomic mass is 35.5. The average molecular weight is 439 g/mol. The van der Waals surface area contributed by atoms with Crippen LogP contribution in [0.2, 0.25) is 5.02 Å². The van der Waals surface area contributed by atoms with E-state index in [4.69, 9.17) is 16.6 Å². The molecular weight excluding hydrogens is 420 g/mol. The molecule has 2 heterocycles. The minimum atomic E-state index is 0.0307. The third kappa shape index (κ3) is 3.52. The summed E-state index contributed by atoms with van der Waals surface area (Å²) in [6, 6.07) is 15.9. The SMILES string of the molecule is Cc1ccc(CSc2nc3sc4c(c3c(=O)n2-c2ccc(Cl)cc2)CCC4)cc1. The second kappa shape index (κ2) is 7.63. The van der Waals surface area contributed by atoms with Gasteiger partial charge in [0.25, 0.3) is 5.56 Å². The molecule has 2 aromatic carbocycles. The summed E-state index contributed by atoms with van der Waals surface area (Å²) in [6.07, 6.45) is 3.16. The first kappa shape index (κ1) is 18.9. The van der Waals surface area contributed by atoms with Crippen molar-refractivity contribution in [2.45, 2.75) is 37.1 Å². The van der Waals surface area contributed by atoms with Gasteiger partial charge in [0, 0.05) is 15.7 Å². The summed E-state index contributed by atoms with van der Waals surface area (Å²) in [5.74, 6) is 0.761. The van der Waals surface area contributed by atoms with Crippen molar-refractivity contribution in [1.82, 2.24) is 9.55 Å². The molecule has 0 aliphatic heterocycles. The van der Waals surface area contributed by atoms with E-state index in [1.165, 1.54) is 21.6 Å². The highest BCUT2D eigenvalue weighted by Gasteiger charge is 2.23. The Labute approximate surface area is 182 Å². The highest BCUT2D eigenvalue weighted by Crippen LogP contribution is 2.36. The lowest BCUT2D eigenvalue weighted by Gasteiger charge is -2.13. The number of aryl methyl sites for hydroxylation is 3. The Balaban J connectivity index is 1.64. The van der Waals surface area contributed by atoms with Crippen LogP contribution in [0.15, 0.2) is 58.5 Å². The van der Waals surface area contributed by atoms with Crippen molar-refractivity contribution in [2.24, 2.45) is 0 Å². The quantitative estimate of drug-likeness (QED) is 0.281. The van der Waals surface area contributed by atoms with Crippen LogP contribution < -0.4 is 5.56 Å². The second-order valence-corrected chi connectivity index (χ2v) is 9.79. The third-order valence-corrected chi connectivity index (χ3v) is 7.73. The van der Waals surface area contributed by atoms with Crippen LogP contribution in [0.3, 0.4) is 0 Å². The van der Waals surface area contributed by atoms with E-state index in [1.807, 2.05) is 24.3 Å². The van der Waals surface area contributed by atoms with Crippen LogP contribution >= 0.6 is 34.7 Å². The lowest BCUT2D eigenvalue weighted by molar-refractivity contribution is 0.820. The number of hydrogen-bond acceptors (Lipinski definition) is 4. The summed E-state index contributed by atoms with van der Waals surface area (Å²) in [4.78, 5) is 20.7. The summed E-state index contributed by atoms with van der Waals surface area (Å²) in [7, 11) is 0. The van der Waals surface area contributed by atoms with Crippen molar-refractivity contribution in [3.8, 4) is 5.69 Å². The Morgan fingerprint density at radius 3 is 2.62 bits per heavy atom. The Kier molecular flexibility index (Phi) is 4.98. The zero-order chi connectivity index (χ0) is 20.0. The number of aromatic nitrogens is 2. The van der Waals surface area contributed by atoms with Crippen LogP contribution in [0.25, 0.3) is 15.9 Å². The van der Waals surface area contributed by atoms with Gasteiger partial charge in [0.1, 0.15) is 4.83 Å². The van der Waals surface area contributed by atoms with E-state index in [0.29, 0.717) is 5.02 Å². The predicted molar refractivity (Wildman–Crippen MR) is 123 cm³/mol. The molecular formula is C23H19ClN2OS2. The fourth-order valence-corrected chi connectivity index (χ4v) is 6.17. The summed E-state index contributed by atoms with van der Waals surface area (Å²) < 4.78 is 1.75. The molecule has 0 N–H and O–H groups in total. The van der Waals surface area contributed by atoms with E-state index in [9.17, 15) is 4.79 Å². The standard InChI is InChI=1S/C23H19ClN2OS2/c1-14-5-7-15(8-6-14)13-28-23-25-21-20(18-3-2-4-19(18)29-21)22(27)26(23)17-11-9-16(24)10-12-17/h5-12H,2-4,13H2,1H3. The average Bonchev–Trinajstić information content (AvgIpc) is 3.29. The van der Waals surface area contributed by atoms with E-state index in [1.54, 1.807) is 27.7 Å². The van der Waals surface area contributed by atoms with E-state index in [2.05, 4.69) is 31.2 Å². The first-order valence-electron chi connectivity index (χ1n) is 9.62. The van der Waals surface area contributed by atoms with Gasteiger partial charge in [-0.05, 0) is 61.6 Å². The highest BCUT2D eigenvalue weighted by molar-refractivity contribution is 7.98. The molecule has 6 heteroatoms. The van der Waals surface area contributed by atoms with Crippen LogP contribution in [0.1, 0.15) is 28.0 Å². The zero-order valence-electron chi connectivity index (χ0n) is 15.9. The fourth-order valence-electron chi connectivity index (χ4n) is 3.77. The van der Waals surface area contributed by atoms with Crippen molar-refractivity contribution in [2.75, 3.05) is 0 Å². The van der Waals surface area contributed by atoms with Gasteiger partial charge in [-0.3, -0.25) is 9.36 Å². The smallest absolute Gasteiger partial charge is 0.267 e. The van der Waals surface area contributed by atoms with Gasteiger partial charge in [-0.2, -0.15) is 0 Å². The Morgan fingerprint density at radius 1 is 1.10 bits per heavy atom. The van der Waals surface area contributed by atoms with Gasteiger partial charge >= 0.3 is 0 Å². The number of thiophene rings is 1.